The lowest BCUT2D eigenvalue weighted by Crippen LogP contribution is -2.25. The number of hydrogen-bond donors (Lipinski definition) is 2. The first-order valence-corrected chi connectivity index (χ1v) is 5.93. The third kappa shape index (κ3) is 4.72. The molecule has 0 aliphatic heterocycles. The second-order valence-electron chi connectivity index (χ2n) is 5.61. The number of hydrogen-bond acceptors (Lipinski definition) is 3. The molecule has 0 saturated heterocycles. The Balaban J connectivity index is 2.57. The molecule has 1 unspecified atom stereocenters. The number of nitrogens with one attached hydrogen (secondary N) is 1. The summed E-state index contributed by atoms with van der Waals surface area (Å²) in [4.78, 5) is 0. The van der Waals surface area contributed by atoms with Gasteiger partial charge < -0.3 is 10.4 Å². The lowest BCUT2D eigenvalue weighted by Gasteiger charge is -2.22. The molecule has 0 spiro atoms. The van der Waals surface area contributed by atoms with Crippen molar-refractivity contribution in [3.63, 3.8) is 0 Å². The van der Waals surface area contributed by atoms with Crippen LogP contribution < -0.4 is 5.32 Å². The Bertz CT molecular complexity index is 446. The third-order valence-electron chi connectivity index (χ3n) is 2.47. The summed E-state index contributed by atoms with van der Waals surface area (Å²) < 4.78 is 13.5. The number of aliphatic hydroxyl groups is 1. The first kappa shape index (κ1) is 14.5. The van der Waals surface area contributed by atoms with E-state index < -0.39 is 11.9 Å². The van der Waals surface area contributed by atoms with Crippen LogP contribution in [0.2, 0.25) is 0 Å². The molecule has 0 heterocycles. The molecule has 2 N–H and O–H groups in total. The Morgan fingerprint density at radius 1 is 1.44 bits per heavy atom. The minimum absolute atomic E-state index is 0.0321. The molecule has 0 amide bonds. The molecule has 0 fully saturated rings. The molecule has 1 aromatic carbocycles. The molecule has 0 aliphatic rings. The highest BCUT2D eigenvalue weighted by Gasteiger charge is 2.16. The molecule has 98 valence electrons. The smallest absolute Gasteiger partial charge is 0.147 e. The Kier molecular flexibility index (Phi) is 4.69. The van der Waals surface area contributed by atoms with Crippen LogP contribution in [0.25, 0.3) is 0 Å². The maximum atomic E-state index is 13.5. The van der Waals surface area contributed by atoms with Crippen molar-refractivity contribution in [1.29, 1.82) is 5.26 Å². The predicted octanol–water partition coefficient (Wildman–Crippen LogP) is 2.91. The average Bonchev–Trinajstić information content (AvgIpc) is 2.25. The van der Waals surface area contributed by atoms with Crippen LogP contribution in [-0.4, -0.2) is 17.8 Å². The molecule has 3 nitrogen and oxygen atoms in total. The second kappa shape index (κ2) is 5.83. The van der Waals surface area contributed by atoms with Crippen molar-refractivity contribution >= 4 is 5.69 Å². The van der Waals surface area contributed by atoms with Gasteiger partial charge in [0.05, 0.1) is 23.4 Å². The van der Waals surface area contributed by atoms with E-state index >= 15 is 0 Å². The van der Waals surface area contributed by atoms with Crippen molar-refractivity contribution in [2.24, 2.45) is 5.41 Å². The Morgan fingerprint density at radius 3 is 2.61 bits per heavy atom. The van der Waals surface area contributed by atoms with E-state index in [1.807, 2.05) is 26.8 Å². The molecule has 4 heteroatoms. The van der Waals surface area contributed by atoms with Crippen molar-refractivity contribution < 1.29 is 9.50 Å². The van der Waals surface area contributed by atoms with E-state index in [1.165, 1.54) is 12.1 Å². The highest BCUT2D eigenvalue weighted by atomic mass is 19.1. The van der Waals surface area contributed by atoms with Gasteiger partial charge in [-0.25, -0.2) is 4.39 Å². The van der Waals surface area contributed by atoms with E-state index in [0.29, 0.717) is 18.7 Å². The van der Waals surface area contributed by atoms with Gasteiger partial charge in [-0.05, 0) is 30.0 Å². The van der Waals surface area contributed by atoms with E-state index in [-0.39, 0.29) is 11.0 Å². The normalized spacial score (nSPS) is 12.9. The molecule has 1 atom stereocenters. The molecule has 0 aliphatic carbocycles. The fourth-order valence-corrected chi connectivity index (χ4v) is 1.73. The number of rotatable bonds is 4. The zero-order chi connectivity index (χ0) is 13.8. The highest BCUT2D eigenvalue weighted by Crippen LogP contribution is 2.21. The van der Waals surface area contributed by atoms with Gasteiger partial charge in [0, 0.05) is 6.54 Å². The standard InChI is InChI=1S/C14H19FN2O/c1-14(2,3)7-11(18)9-17-13-5-4-10(8-16)6-12(13)15/h4-6,11,17-18H,7,9H2,1-3H3. The van der Waals surface area contributed by atoms with Gasteiger partial charge in [0.15, 0.2) is 0 Å². The molecule has 0 aromatic heterocycles. The number of anilines is 1. The Labute approximate surface area is 107 Å². The van der Waals surface area contributed by atoms with Crippen LogP contribution in [-0.2, 0) is 0 Å². The van der Waals surface area contributed by atoms with Gasteiger partial charge in [0.1, 0.15) is 5.82 Å². The highest BCUT2D eigenvalue weighted by molar-refractivity contribution is 5.48. The van der Waals surface area contributed by atoms with Crippen LogP contribution in [0, 0.1) is 22.6 Å². The van der Waals surface area contributed by atoms with E-state index in [2.05, 4.69) is 5.32 Å². The van der Waals surface area contributed by atoms with Crippen LogP contribution in [0.4, 0.5) is 10.1 Å². The maximum Gasteiger partial charge on any atom is 0.147 e. The average molecular weight is 250 g/mol. The van der Waals surface area contributed by atoms with E-state index in [1.54, 1.807) is 6.07 Å². The first-order valence-electron chi connectivity index (χ1n) is 5.93. The van der Waals surface area contributed by atoms with Gasteiger partial charge in [-0.1, -0.05) is 20.8 Å². The quantitative estimate of drug-likeness (QED) is 0.863. The van der Waals surface area contributed by atoms with Crippen molar-refractivity contribution in [2.45, 2.75) is 33.3 Å². The lowest BCUT2D eigenvalue weighted by molar-refractivity contribution is 0.132. The van der Waals surface area contributed by atoms with Crippen LogP contribution in [0.5, 0.6) is 0 Å². The Morgan fingerprint density at radius 2 is 2.11 bits per heavy atom. The minimum Gasteiger partial charge on any atom is -0.391 e. The summed E-state index contributed by atoms with van der Waals surface area (Å²) in [7, 11) is 0. The zero-order valence-corrected chi connectivity index (χ0v) is 11.0. The molecular formula is C14H19FN2O. The van der Waals surface area contributed by atoms with Gasteiger partial charge in [-0.15, -0.1) is 0 Å². The predicted molar refractivity (Wildman–Crippen MR) is 69.7 cm³/mol. The summed E-state index contributed by atoms with van der Waals surface area (Å²) >= 11 is 0. The topological polar surface area (TPSA) is 56.0 Å². The monoisotopic (exact) mass is 250 g/mol. The van der Waals surface area contributed by atoms with E-state index in [9.17, 15) is 9.50 Å². The molecular weight excluding hydrogens is 231 g/mol. The molecule has 1 rings (SSSR count). The summed E-state index contributed by atoms with van der Waals surface area (Å²) in [5, 5.41) is 21.3. The molecule has 0 saturated carbocycles. The fraction of sp³-hybridized carbons (Fsp3) is 0.500. The molecule has 0 radical (unpaired) electrons. The van der Waals surface area contributed by atoms with E-state index in [4.69, 9.17) is 5.26 Å². The summed E-state index contributed by atoms with van der Waals surface area (Å²) in [6, 6.07) is 6.11. The number of nitriles is 1. The summed E-state index contributed by atoms with van der Waals surface area (Å²) in [6.45, 7) is 6.41. The maximum absolute atomic E-state index is 13.5. The van der Waals surface area contributed by atoms with Crippen LogP contribution in [0.3, 0.4) is 0 Å². The number of aliphatic hydroxyl groups excluding tert-OH is 1. The van der Waals surface area contributed by atoms with Crippen molar-refractivity contribution in [3.05, 3.63) is 29.6 Å². The fourth-order valence-electron chi connectivity index (χ4n) is 1.73. The third-order valence-corrected chi connectivity index (χ3v) is 2.47. The van der Waals surface area contributed by atoms with Gasteiger partial charge in [0.25, 0.3) is 0 Å². The largest absolute Gasteiger partial charge is 0.391 e. The molecule has 0 bridgehead atoms. The summed E-state index contributed by atoms with van der Waals surface area (Å²) in [5.74, 6) is -0.475. The molecule has 18 heavy (non-hydrogen) atoms. The number of halogens is 1. The minimum atomic E-state index is -0.528. The van der Waals surface area contributed by atoms with Gasteiger partial charge in [0.2, 0.25) is 0 Å². The van der Waals surface area contributed by atoms with E-state index in [0.717, 1.165) is 0 Å². The molecule has 1 aromatic rings. The second-order valence-corrected chi connectivity index (χ2v) is 5.61. The van der Waals surface area contributed by atoms with Gasteiger partial charge in [-0.3, -0.25) is 0 Å². The number of benzene rings is 1. The van der Waals surface area contributed by atoms with Crippen LogP contribution in [0.15, 0.2) is 18.2 Å². The lowest BCUT2D eigenvalue weighted by atomic mass is 9.89. The summed E-state index contributed by atoms with van der Waals surface area (Å²) in [6.07, 6.45) is 0.109. The van der Waals surface area contributed by atoms with Gasteiger partial charge >= 0.3 is 0 Å². The SMILES string of the molecule is CC(C)(C)CC(O)CNc1ccc(C#N)cc1F. The zero-order valence-electron chi connectivity index (χ0n) is 11.0. The number of nitrogens with zero attached hydrogens (tertiary/aromatic N) is 1. The Hall–Kier alpha value is -1.60. The van der Waals surface area contributed by atoms with Gasteiger partial charge in [-0.2, -0.15) is 5.26 Å². The van der Waals surface area contributed by atoms with Crippen LogP contribution in [0.1, 0.15) is 32.8 Å². The van der Waals surface area contributed by atoms with Crippen LogP contribution >= 0.6 is 0 Å². The first-order chi connectivity index (χ1) is 8.31. The van der Waals surface area contributed by atoms with Crippen molar-refractivity contribution in [3.8, 4) is 6.07 Å². The summed E-state index contributed by atoms with van der Waals surface area (Å²) in [5.41, 5.74) is 0.625. The van der Waals surface area contributed by atoms with Crippen molar-refractivity contribution in [2.75, 3.05) is 11.9 Å². The van der Waals surface area contributed by atoms with Crippen molar-refractivity contribution in [1.82, 2.24) is 0 Å².